The van der Waals surface area contributed by atoms with Gasteiger partial charge in [-0.15, -0.1) is 0 Å². The van der Waals surface area contributed by atoms with E-state index in [2.05, 4.69) is 0 Å². The zero-order chi connectivity index (χ0) is 33.9. The molecule has 0 aliphatic rings. The third kappa shape index (κ3) is 23.2. The molecule has 0 saturated carbocycles. The second-order valence-electron chi connectivity index (χ2n) is 9.07. The van der Waals surface area contributed by atoms with Crippen molar-refractivity contribution in [3.05, 3.63) is 119 Å². The topological polar surface area (TPSA) is 229 Å². The number of hydrogen-bond donors (Lipinski definition) is 0. The second-order valence-corrected chi connectivity index (χ2v) is 14.6. The standard InChI is InChI=1S/4C7H8O3S.4Na/c4*1-6-2-4-7(5-3-6)11(8,9)10;;;;/h4*2-5H,1H3,(H,8,9,10);;;;/q;;;;4*+1/p-4. The van der Waals surface area contributed by atoms with Crippen molar-refractivity contribution in [1.29, 1.82) is 0 Å². The van der Waals surface area contributed by atoms with Crippen LogP contribution in [0, 0.1) is 27.7 Å². The molecule has 0 aliphatic heterocycles. The molecule has 48 heavy (non-hydrogen) atoms. The van der Waals surface area contributed by atoms with Gasteiger partial charge in [-0.25, -0.2) is 33.7 Å². The van der Waals surface area contributed by atoms with Gasteiger partial charge in [0, 0.05) is 0 Å². The zero-order valence-corrected chi connectivity index (χ0v) is 39.0. The summed E-state index contributed by atoms with van der Waals surface area (Å²) < 4.78 is 125. The number of hydrogen-bond acceptors (Lipinski definition) is 12. The van der Waals surface area contributed by atoms with Crippen LogP contribution in [-0.4, -0.2) is 51.9 Å². The summed E-state index contributed by atoms with van der Waals surface area (Å²) in [5.41, 5.74) is 3.71. The minimum Gasteiger partial charge on any atom is -0.744 e. The number of aryl methyl sites for hydroxylation is 4. The van der Waals surface area contributed by atoms with Crippen LogP contribution in [-0.2, 0) is 40.5 Å². The largest absolute Gasteiger partial charge is 1.00 e. The molecular weight excluding hydrogens is 749 g/mol. The van der Waals surface area contributed by atoms with Gasteiger partial charge in [-0.3, -0.25) is 0 Å². The maximum atomic E-state index is 10.4. The summed E-state index contributed by atoms with van der Waals surface area (Å²) in [4.78, 5) is -0.711. The van der Waals surface area contributed by atoms with E-state index in [1.165, 1.54) is 48.5 Å². The summed E-state index contributed by atoms with van der Waals surface area (Å²) in [6, 6.07) is 23.1. The third-order valence-corrected chi connectivity index (χ3v) is 8.64. The van der Waals surface area contributed by atoms with Crippen LogP contribution in [0.15, 0.2) is 117 Å². The van der Waals surface area contributed by atoms with Crippen molar-refractivity contribution in [3.8, 4) is 0 Å². The van der Waals surface area contributed by atoms with E-state index in [0.29, 0.717) is 0 Å². The number of rotatable bonds is 4. The van der Waals surface area contributed by atoms with Gasteiger partial charge >= 0.3 is 118 Å². The van der Waals surface area contributed by atoms with Crippen LogP contribution in [0.4, 0.5) is 0 Å². The van der Waals surface area contributed by atoms with Crippen LogP contribution < -0.4 is 118 Å². The molecule has 0 N–H and O–H groups in total. The van der Waals surface area contributed by atoms with Crippen LogP contribution in [0.3, 0.4) is 0 Å². The van der Waals surface area contributed by atoms with Gasteiger partial charge in [0.2, 0.25) is 0 Å². The van der Waals surface area contributed by atoms with Crippen molar-refractivity contribution in [2.45, 2.75) is 47.3 Å². The Bertz CT molecular complexity index is 1660. The molecule has 0 bridgehead atoms. The van der Waals surface area contributed by atoms with Gasteiger partial charge in [-0.1, -0.05) is 70.8 Å². The van der Waals surface area contributed by atoms with E-state index >= 15 is 0 Å². The second kappa shape index (κ2) is 24.7. The molecule has 4 aromatic carbocycles. The molecule has 0 fully saturated rings. The van der Waals surface area contributed by atoms with Gasteiger partial charge < -0.3 is 18.2 Å². The molecular formula is C28H28Na4O12S4. The first-order chi connectivity index (χ1) is 20.0. The molecule has 240 valence electrons. The average Bonchev–Trinajstić information content (AvgIpc) is 2.89. The molecule has 12 nitrogen and oxygen atoms in total. The van der Waals surface area contributed by atoms with E-state index in [4.69, 9.17) is 0 Å². The Labute approximate surface area is 371 Å². The van der Waals surface area contributed by atoms with Gasteiger partial charge in [0.15, 0.2) is 0 Å². The van der Waals surface area contributed by atoms with Crippen molar-refractivity contribution in [3.63, 3.8) is 0 Å². The summed E-state index contributed by atoms with van der Waals surface area (Å²) in [6.07, 6.45) is 0. The SMILES string of the molecule is Cc1ccc(S(=O)(=O)[O-])cc1.Cc1ccc(S(=O)(=O)[O-])cc1.Cc1ccc(S(=O)(=O)[O-])cc1.Cc1ccc(S(=O)(=O)[O-])cc1.[Na+].[Na+].[Na+].[Na+]. The fraction of sp³-hybridized carbons (Fsp3) is 0.143. The molecule has 0 saturated heterocycles. The normalized spacial score (nSPS) is 10.5. The van der Waals surface area contributed by atoms with Crippen LogP contribution in [0.1, 0.15) is 22.3 Å². The third-order valence-electron chi connectivity index (χ3n) is 5.24. The Morgan fingerprint density at radius 3 is 0.479 bits per heavy atom. The first-order valence-corrected chi connectivity index (χ1v) is 17.7. The van der Waals surface area contributed by atoms with Crippen molar-refractivity contribution < 1.29 is 170 Å². The summed E-state index contributed by atoms with van der Waals surface area (Å²) in [6.45, 7) is 7.28. The van der Waals surface area contributed by atoms with Crippen molar-refractivity contribution in [1.82, 2.24) is 0 Å². The smallest absolute Gasteiger partial charge is 0.744 e. The van der Waals surface area contributed by atoms with E-state index in [1.54, 1.807) is 48.5 Å². The molecule has 0 aliphatic carbocycles. The Kier molecular flexibility index (Phi) is 28.5. The Morgan fingerprint density at radius 1 is 0.292 bits per heavy atom. The molecule has 4 aromatic rings. The molecule has 4 rings (SSSR count). The predicted molar refractivity (Wildman–Crippen MR) is 157 cm³/mol. The van der Waals surface area contributed by atoms with Gasteiger partial charge in [-0.2, -0.15) is 0 Å². The van der Waals surface area contributed by atoms with Crippen LogP contribution in [0.5, 0.6) is 0 Å². The van der Waals surface area contributed by atoms with Crippen molar-refractivity contribution in [2.24, 2.45) is 0 Å². The quantitative estimate of drug-likeness (QED) is 0.139. The molecule has 0 heterocycles. The molecule has 0 unspecified atom stereocenters. The first kappa shape index (κ1) is 55.3. The molecule has 0 radical (unpaired) electrons. The fourth-order valence-corrected chi connectivity index (χ4v) is 4.70. The van der Waals surface area contributed by atoms with Crippen LogP contribution in [0.25, 0.3) is 0 Å². The number of benzene rings is 4. The van der Waals surface area contributed by atoms with Gasteiger partial charge in [0.1, 0.15) is 40.5 Å². The maximum Gasteiger partial charge on any atom is 1.00 e. The molecule has 0 atom stereocenters. The fourth-order valence-electron chi connectivity index (χ4n) is 2.82. The van der Waals surface area contributed by atoms with Crippen LogP contribution in [0.2, 0.25) is 0 Å². The predicted octanol–water partition coefficient (Wildman–Crippen LogP) is -8.39. The van der Waals surface area contributed by atoms with E-state index in [-0.39, 0.29) is 138 Å². The molecule has 0 aromatic heterocycles. The molecule has 0 amide bonds. The average molecular weight is 777 g/mol. The Hall–Kier alpha value is 0.520. The molecule has 0 spiro atoms. The van der Waals surface area contributed by atoms with Gasteiger partial charge in [-0.05, 0) is 76.2 Å². The zero-order valence-electron chi connectivity index (χ0n) is 27.8. The minimum absolute atomic E-state index is 0. The monoisotopic (exact) mass is 776 g/mol. The van der Waals surface area contributed by atoms with E-state index in [1.807, 2.05) is 27.7 Å². The van der Waals surface area contributed by atoms with Crippen LogP contribution >= 0.6 is 0 Å². The summed E-state index contributed by atoms with van der Waals surface area (Å²) in [5.74, 6) is 0. The summed E-state index contributed by atoms with van der Waals surface area (Å²) >= 11 is 0. The summed E-state index contributed by atoms with van der Waals surface area (Å²) in [7, 11) is -17.1. The van der Waals surface area contributed by atoms with Gasteiger partial charge in [0.25, 0.3) is 0 Å². The van der Waals surface area contributed by atoms with Crippen molar-refractivity contribution in [2.75, 3.05) is 0 Å². The minimum atomic E-state index is -4.27. The van der Waals surface area contributed by atoms with E-state index < -0.39 is 40.5 Å². The molecule has 20 heteroatoms. The van der Waals surface area contributed by atoms with E-state index in [0.717, 1.165) is 22.3 Å². The summed E-state index contributed by atoms with van der Waals surface area (Å²) in [5, 5.41) is 0. The van der Waals surface area contributed by atoms with Crippen molar-refractivity contribution >= 4 is 40.5 Å². The Balaban J connectivity index is -0.000000262. The Morgan fingerprint density at radius 2 is 0.396 bits per heavy atom. The van der Waals surface area contributed by atoms with E-state index in [9.17, 15) is 51.9 Å². The van der Waals surface area contributed by atoms with Gasteiger partial charge in [0.05, 0.1) is 19.6 Å². The maximum absolute atomic E-state index is 10.4. The first-order valence-electron chi connectivity index (χ1n) is 12.1.